The maximum absolute atomic E-state index is 3.62. The highest BCUT2D eigenvalue weighted by Crippen LogP contribution is 2.01. The quantitative estimate of drug-likeness (QED) is 0.404. The summed E-state index contributed by atoms with van der Waals surface area (Å²) in [5, 5.41) is 0. The number of hydrogen-bond donors (Lipinski definition) is 0. The van der Waals surface area contributed by atoms with E-state index in [1.54, 1.807) is 0 Å². The van der Waals surface area contributed by atoms with Crippen LogP contribution in [0.2, 0.25) is 0 Å². The molecule has 0 spiro atoms. The van der Waals surface area contributed by atoms with Crippen molar-refractivity contribution < 1.29 is 0 Å². The normalized spacial score (nSPS) is 8.82. The predicted molar refractivity (Wildman–Crippen MR) is 52.1 cm³/mol. The van der Waals surface area contributed by atoms with E-state index < -0.39 is 0 Å². The van der Waals surface area contributed by atoms with Gasteiger partial charge in [0.15, 0.2) is 0 Å². The Balaban J connectivity index is 2.90. The molecule has 0 saturated carbocycles. The average molecular weight is 160 g/mol. The maximum Gasteiger partial charge on any atom is 0.0252 e. The first-order chi connectivity index (χ1) is 5.33. The van der Waals surface area contributed by atoms with Crippen molar-refractivity contribution in [1.82, 2.24) is 0 Å². The largest absolute Gasteiger partial charge is 0.0627 e. The fourth-order valence-corrected chi connectivity index (χ4v) is 0.949. The fraction of sp³-hybridized carbons (Fsp3) is 0.100. The molecule has 11 heavy (non-hydrogen) atoms. The highest BCUT2D eigenvalue weighted by molar-refractivity contribution is 7.42. The molecule has 0 fully saturated rings. The van der Waals surface area contributed by atoms with Crippen molar-refractivity contribution in [2.24, 2.45) is 0 Å². The molecule has 0 nitrogen and oxygen atoms in total. The van der Waals surface area contributed by atoms with E-state index in [-0.39, 0.29) is 0 Å². The first-order valence-electron chi connectivity index (χ1n) is 3.36. The summed E-state index contributed by atoms with van der Waals surface area (Å²) in [5.74, 6) is 3.00. The van der Waals surface area contributed by atoms with Crippen LogP contribution in [-0.4, -0.2) is 6.30 Å². The van der Waals surface area contributed by atoms with Crippen LogP contribution in [0.15, 0.2) is 24.3 Å². The second-order valence-corrected chi connectivity index (χ2v) is 2.80. The lowest BCUT2D eigenvalue weighted by Gasteiger charge is -1.90. The molecule has 0 saturated heterocycles. The van der Waals surface area contributed by atoms with E-state index in [4.69, 9.17) is 0 Å². The van der Waals surface area contributed by atoms with E-state index >= 15 is 0 Å². The van der Waals surface area contributed by atoms with Crippen molar-refractivity contribution in [2.75, 3.05) is 0 Å². The van der Waals surface area contributed by atoms with Crippen LogP contribution >= 0.6 is 8.20 Å². The van der Waals surface area contributed by atoms with E-state index in [1.165, 1.54) is 5.56 Å². The molecule has 0 aromatic heterocycles. The van der Waals surface area contributed by atoms with E-state index in [2.05, 4.69) is 36.9 Å². The molecule has 1 rings (SSSR count). The minimum Gasteiger partial charge on any atom is -0.0627 e. The second-order valence-electron chi connectivity index (χ2n) is 2.26. The Kier molecular flexibility index (Phi) is 2.90. The smallest absolute Gasteiger partial charge is 0.0252 e. The van der Waals surface area contributed by atoms with Gasteiger partial charge < -0.3 is 0 Å². The molecule has 54 valence electrons. The lowest BCUT2D eigenvalue weighted by atomic mass is 10.2. The minimum atomic E-state index is 0.880. The molecular formula is C10H9P. The van der Waals surface area contributed by atoms with Crippen LogP contribution in [0.5, 0.6) is 0 Å². The molecular weight excluding hydrogens is 151 g/mol. The summed E-state index contributed by atoms with van der Waals surface area (Å²) in [4.78, 5) is 0. The summed E-state index contributed by atoms with van der Waals surface area (Å²) in [6, 6.07) is 8.16. The monoisotopic (exact) mass is 160 g/mol. The third-order valence-corrected chi connectivity index (χ3v) is 1.60. The van der Waals surface area contributed by atoms with Gasteiger partial charge in [-0.3, -0.25) is 0 Å². The summed E-state index contributed by atoms with van der Waals surface area (Å²) in [5.41, 5.74) is 5.22. The van der Waals surface area contributed by atoms with Crippen LogP contribution in [-0.2, 0) is 0 Å². The van der Waals surface area contributed by atoms with Gasteiger partial charge in [0, 0.05) is 5.56 Å². The molecule has 0 N–H and O–H groups in total. The van der Waals surface area contributed by atoms with Gasteiger partial charge in [0.25, 0.3) is 0 Å². The van der Waals surface area contributed by atoms with E-state index in [9.17, 15) is 0 Å². The van der Waals surface area contributed by atoms with Crippen LogP contribution in [0.1, 0.15) is 11.1 Å². The highest BCUT2D eigenvalue weighted by Gasteiger charge is 1.83. The molecule has 0 heterocycles. The van der Waals surface area contributed by atoms with Crippen molar-refractivity contribution in [1.29, 1.82) is 0 Å². The molecule has 0 atom stereocenters. The second kappa shape index (κ2) is 3.96. The van der Waals surface area contributed by atoms with Crippen molar-refractivity contribution in [3.05, 3.63) is 35.4 Å². The lowest BCUT2D eigenvalue weighted by Crippen LogP contribution is -1.73. The lowest BCUT2D eigenvalue weighted by molar-refractivity contribution is 1.46. The Labute approximate surface area is 69.1 Å². The van der Waals surface area contributed by atoms with Crippen LogP contribution in [0.4, 0.5) is 0 Å². The van der Waals surface area contributed by atoms with Crippen molar-refractivity contribution in [2.45, 2.75) is 6.92 Å². The maximum atomic E-state index is 3.62. The zero-order valence-corrected chi connectivity index (χ0v) is 7.36. The van der Waals surface area contributed by atoms with Gasteiger partial charge in [-0.15, -0.1) is 0 Å². The van der Waals surface area contributed by atoms with Gasteiger partial charge in [-0.05, 0) is 32.9 Å². The molecule has 1 heteroatoms. The van der Waals surface area contributed by atoms with Gasteiger partial charge in [-0.1, -0.05) is 29.9 Å². The number of aryl methyl sites for hydroxylation is 1. The summed E-state index contributed by atoms with van der Waals surface area (Å²) in [6.07, 6.45) is 3.62. The molecule has 1 aromatic carbocycles. The molecule has 1 aromatic rings. The van der Waals surface area contributed by atoms with Crippen LogP contribution < -0.4 is 0 Å². The predicted octanol–water partition coefficient (Wildman–Crippen LogP) is 2.68. The Bertz CT molecular complexity index is 298. The number of rotatable bonds is 0. The van der Waals surface area contributed by atoms with Crippen LogP contribution in [0.25, 0.3) is 0 Å². The molecule has 0 unspecified atom stereocenters. The SMILES string of the molecule is C=PC#Cc1ccc(C)cc1. The first-order valence-corrected chi connectivity index (χ1v) is 4.44. The topological polar surface area (TPSA) is 0 Å². The Morgan fingerprint density at radius 1 is 1.27 bits per heavy atom. The number of hydrogen-bond acceptors (Lipinski definition) is 0. The van der Waals surface area contributed by atoms with Gasteiger partial charge >= 0.3 is 0 Å². The molecule has 0 radical (unpaired) electrons. The Morgan fingerprint density at radius 2 is 1.91 bits per heavy atom. The summed E-state index contributed by atoms with van der Waals surface area (Å²) < 4.78 is 0. The van der Waals surface area contributed by atoms with Crippen LogP contribution in [0.3, 0.4) is 0 Å². The molecule has 0 aliphatic carbocycles. The molecule has 0 aliphatic rings. The first kappa shape index (κ1) is 8.05. The third kappa shape index (κ3) is 2.58. The van der Waals surface area contributed by atoms with E-state index in [1.807, 2.05) is 12.1 Å². The van der Waals surface area contributed by atoms with E-state index in [0.29, 0.717) is 0 Å². The van der Waals surface area contributed by atoms with Crippen molar-refractivity contribution >= 4 is 14.5 Å². The third-order valence-electron chi connectivity index (χ3n) is 1.33. The van der Waals surface area contributed by atoms with Gasteiger partial charge in [0.2, 0.25) is 0 Å². The van der Waals surface area contributed by atoms with E-state index in [0.717, 1.165) is 13.8 Å². The van der Waals surface area contributed by atoms with Crippen molar-refractivity contribution in [3.8, 4) is 11.6 Å². The van der Waals surface area contributed by atoms with Crippen molar-refractivity contribution in [3.63, 3.8) is 0 Å². The van der Waals surface area contributed by atoms with Gasteiger partial charge in [0.1, 0.15) is 0 Å². The fourth-order valence-electron chi connectivity index (χ4n) is 0.741. The highest BCUT2D eigenvalue weighted by atomic mass is 31.1. The molecule has 0 bridgehead atoms. The Morgan fingerprint density at radius 3 is 2.45 bits per heavy atom. The zero-order valence-electron chi connectivity index (χ0n) is 6.46. The number of benzene rings is 1. The van der Waals surface area contributed by atoms with Crippen LogP contribution in [0, 0.1) is 18.5 Å². The minimum absolute atomic E-state index is 0.880. The van der Waals surface area contributed by atoms with Gasteiger partial charge in [0.05, 0.1) is 0 Å². The zero-order chi connectivity index (χ0) is 8.10. The van der Waals surface area contributed by atoms with Gasteiger partial charge in [-0.25, -0.2) is 0 Å². The molecule has 0 aliphatic heterocycles. The summed E-state index contributed by atoms with van der Waals surface area (Å²) >= 11 is 0. The Hall–Kier alpha value is -1.05. The molecule has 0 amide bonds. The van der Waals surface area contributed by atoms with Gasteiger partial charge in [-0.2, -0.15) is 0 Å². The standard InChI is InChI=1S/C10H9P/c1-9-3-5-10(6-4-9)7-8-11-2/h3-6H,2H2,1H3. The average Bonchev–Trinajstić information content (AvgIpc) is 2.04. The summed E-state index contributed by atoms with van der Waals surface area (Å²) in [7, 11) is 0.880. The summed E-state index contributed by atoms with van der Waals surface area (Å²) in [6.45, 7) is 2.07.